The normalized spacial score (nSPS) is 15.3. The molecule has 5 N–H and O–H groups in total. The molecule has 110 valence electrons. The minimum absolute atomic E-state index is 0.0577. The summed E-state index contributed by atoms with van der Waals surface area (Å²) in [5, 5.41) is 8.71. The summed E-state index contributed by atoms with van der Waals surface area (Å²) in [6.07, 6.45) is 4.45. The topological polar surface area (TPSA) is 65.3 Å². The van der Waals surface area contributed by atoms with Crippen molar-refractivity contribution in [3.63, 3.8) is 0 Å². The van der Waals surface area contributed by atoms with E-state index in [1.54, 1.807) is 5.12 Å². The third-order valence-corrected chi connectivity index (χ3v) is 3.10. The average molecular weight is 259 g/mol. The van der Waals surface area contributed by atoms with Crippen LogP contribution in [0.4, 0.5) is 0 Å². The van der Waals surface area contributed by atoms with Crippen LogP contribution in [0.1, 0.15) is 53.4 Å². The summed E-state index contributed by atoms with van der Waals surface area (Å²) in [5.74, 6) is 5.87. The molecule has 5 heteroatoms. The summed E-state index contributed by atoms with van der Waals surface area (Å²) in [6, 6.07) is 0.383. The highest BCUT2D eigenvalue weighted by atomic mass is 15.7. The number of nitrogens with one attached hydrogen (secondary N) is 3. The van der Waals surface area contributed by atoms with Crippen molar-refractivity contribution in [2.45, 2.75) is 65.1 Å². The first-order valence-electron chi connectivity index (χ1n) is 7.22. The standard InChI is InChI=1S/C13H33N5/c1-6-9-13(15-5,16-7-2)10-8-11-18(14)17-12(3)4/h12,15-17H,6-11,14H2,1-5H3. The van der Waals surface area contributed by atoms with E-state index in [1.165, 1.54) is 6.42 Å². The summed E-state index contributed by atoms with van der Waals surface area (Å²) < 4.78 is 0. The first-order chi connectivity index (χ1) is 8.49. The molecule has 0 saturated heterocycles. The Bertz CT molecular complexity index is 190. The summed E-state index contributed by atoms with van der Waals surface area (Å²) in [5.41, 5.74) is 3.24. The molecular formula is C13H33N5. The quantitative estimate of drug-likeness (QED) is 0.255. The van der Waals surface area contributed by atoms with E-state index in [9.17, 15) is 0 Å². The number of hydrogen-bond donors (Lipinski definition) is 4. The Morgan fingerprint density at radius 2 is 1.89 bits per heavy atom. The van der Waals surface area contributed by atoms with Crippen LogP contribution in [0.2, 0.25) is 0 Å². The Morgan fingerprint density at radius 1 is 1.22 bits per heavy atom. The van der Waals surface area contributed by atoms with Gasteiger partial charge >= 0.3 is 0 Å². The van der Waals surface area contributed by atoms with Gasteiger partial charge in [-0.3, -0.25) is 11.2 Å². The zero-order valence-corrected chi connectivity index (χ0v) is 12.8. The second kappa shape index (κ2) is 9.69. The minimum atomic E-state index is 0.0577. The summed E-state index contributed by atoms with van der Waals surface area (Å²) >= 11 is 0. The van der Waals surface area contributed by atoms with E-state index in [1.807, 2.05) is 7.05 Å². The maximum absolute atomic E-state index is 5.87. The van der Waals surface area contributed by atoms with Crippen molar-refractivity contribution in [3.8, 4) is 0 Å². The number of hydrogen-bond acceptors (Lipinski definition) is 5. The molecule has 18 heavy (non-hydrogen) atoms. The molecule has 0 aliphatic rings. The molecule has 0 radical (unpaired) electrons. The smallest absolute Gasteiger partial charge is 0.0685 e. The Balaban J connectivity index is 4.09. The molecule has 0 heterocycles. The SMILES string of the molecule is CCCC(CCCN(N)NC(C)C)(NC)NCC. The van der Waals surface area contributed by atoms with Crippen molar-refractivity contribution in [2.75, 3.05) is 20.1 Å². The molecular weight excluding hydrogens is 226 g/mol. The van der Waals surface area contributed by atoms with Gasteiger partial charge in [0.15, 0.2) is 0 Å². The average Bonchev–Trinajstić information content (AvgIpc) is 2.28. The van der Waals surface area contributed by atoms with Gasteiger partial charge in [0.05, 0.1) is 5.66 Å². The predicted molar refractivity (Wildman–Crippen MR) is 78.8 cm³/mol. The molecule has 0 aromatic heterocycles. The first kappa shape index (κ1) is 17.8. The van der Waals surface area contributed by atoms with E-state index in [2.05, 4.69) is 43.8 Å². The Hall–Kier alpha value is -0.200. The molecule has 0 amide bonds. The van der Waals surface area contributed by atoms with Gasteiger partial charge in [0, 0.05) is 12.6 Å². The Kier molecular flexibility index (Phi) is 9.59. The van der Waals surface area contributed by atoms with Crippen molar-refractivity contribution in [1.82, 2.24) is 21.2 Å². The van der Waals surface area contributed by atoms with Crippen LogP contribution in [0, 0.1) is 0 Å². The summed E-state index contributed by atoms with van der Waals surface area (Å²) in [4.78, 5) is 0. The molecule has 0 fully saturated rings. The number of nitrogens with two attached hydrogens (primary N) is 1. The highest BCUT2D eigenvalue weighted by molar-refractivity contribution is 4.83. The summed E-state index contributed by atoms with van der Waals surface area (Å²) in [7, 11) is 2.03. The highest BCUT2D eigenvalue weighted by Gasteiger charge is 2.25. The molecule has 0 aliphatic heterocycles. The van der Waals surface area contributed by atoms with Crippen LogP contribution in [0.5, 0.6) is 0 Å². The fourth-order valence-electron chi connectivity index (χ4n) is 2.35. The Morgan fingerprint density at radius 3 is 2.33 bits per heavy atom. The van der Waals surface area contributed by atoms with Crippen LogP contribution in [0.15, 0.2) is 0 Å². The van der Waals surface area contributed by atoms with Crippen molar-refractivity contribution >= 4 is 0 Å². The molecule has 0 aliphatic carbocycles. The van der Waals surface area contributed by atoms with E-state index >= 15 is 0 Å². The zero-order valence-electron chi connectivity index (χ0n) is 12.8. The highest BCUT2D eigenvalue weighted by Crippen LogP contribution is 2.16. The summed E-state index contributed by atoms with van der Waals surface area (Å²) in [6.45, 7) is 10.4. The van der Waals surface area contributed by atoms with Gasteiger partial charge < -0.3 is 5.32 Å². The van der Waals surface area contributed by atoms with Crippen LogP contribution in [-0.2, 0) is 0 Å². The van der Waals surface area contributed by atoms with Gasteiger partial charge in [0.1, 0.15) is 0 Å². The molecule has 0 aromatic carbocycles. The van der Waals surface area contributed by atoms with Crippen LogP contribution in [0.3, 0.4) is 0 Å². The van der Waals surface area contributed by atoms with Gasteiger partial charge in [-0.05, 0) is 46.7 Å². The maximum Gasteiger partial charge on any atom is 0.0685 e. The molecule has 5 nitrogen and oxygen atoms in total. The van der Waals surface area contributed by atoms with Crippen LogP contribution in [0.25, 0.3) is 0 Å². The lowest BCUT2D eigenvalue weighted by Gasteiger charge is -2.35. The third-order valence-electron chi connectivity index (χ3n) is 3.10. The van der Waals surface area contributed by atoms with Crippen molar-refractivity contribution in [1.29, 1.82) is 0 Å². The largest absolute Gasteiger partial charge is 0.302 e. The van der Waals surface area contributed by atoms with Crippen molar-refractivity contribution in [2.24, 2.45) is 5.84 Å². The molecule has 0 bridgehead atoms. The lowest BCUT2D eigenvalue weighted by atomic mass is 9.98. The molecule has 1 unspecified atom stereocenters. The number of rotatable bonds is 11. The van der Waals surface area contributed by atoms with Crippen LogP contribution >= 0.6 is 0 Å². The zero-order chi connectivity index (χ0) is 14.0. The van der Waals surface area contributed by atoms with Gasteiger partial charge in [-0.2, -0.15) is 5.12 Å². The molecule has 0 saturated carbocycles. The van der Waals surface area contributed by atoms with Gasteiger partial charge in [0.2, 0.25) is 0 Å². The molecule has 0 spiro atoms. The van der Waals surface area contributed by atoms with E-state index in [-0.39, 0.29) is 5.66 Å². The third kappa shape index (κ3) is 7.28. The second-order valence-corrected chi connectivity index (χ2v) is 5.19. The lowest BCUT2D eigenvalue weighted by molar-refractivity contribution is 0.151. The Labute approximate surface area is 113 Å². The number of nitrogens with zero attached hydrogens (tertiary/aromatic N) is 1. The van der Waals surface area contributed by atoms with Gasteiger partial charge in [-0.25, -0.2) is 5.43 Å². The fourth-order valence-corrected chi connectivity index (χ4v) is 2.35. The predicted octanol–water partition coefficient (Wildman–Crippen LogP) is 1.18. The van der Waals surface area contributed by atoms with Crippen LogP contribution < -0.4 is 21.9 Å². The van der Waals surface area contributed by atoms with E-state index in [0.29, 0.717) is 6.04 Å². The van der Waals surface area contributed by atoms with E-state index in [4.69, 9.17) is 5.84 Å². The molecule has 1 atom stereocenters. The minimum Gasteiger partial charge on any atom is -0.302 e. The molecule has 0 aromatic rings. The second-order valence-electron chi connectivity index (χ2n) is 5.19. The molecule has 0 rings (SSSR count). The van der Waals surface area contributed by atoms with Crippen LogP contribution in [-0.4, -0.2) is 37.0 Å². The fraction of sp³-hybridized carbons (Fsp3) is 1.00. The van der Waals surface area contributed by atoms with Gasteiger partial charge in [0.25, 0.3) is 0 Å². The lowest BCUT2D eigenvalue weighted by Crippen LogP contribution is -2.56. The monoisotopic (exact) mass is 259 g/mol. The van der Waals surface area contributed by atoms with Gasteiger partial charge in [-0.15, -0.1) is 0 Å². The van der Waals surface area contributed by atoms with Gasteiger partial charge in [-0.1, -0.05) is 20.3 Å². The van der Waals surface area contributed by atoms with Crippen molar-refractivity contribution in [3.05, 3.63) is 0 Å². The number of hydrazine groups is 2. The van der Waals surface area contributed by atoms with E-state index in [0.717, 1.165) is 32.4 Å². The van der Waals surface area contributed by atoms with E-state index < -0.39 is 0 Å². The maximum atomic E-state index is 5.87. The van der Waals surface area contributed by atoms with Crippen molar-refractivity contribution < 1.29 is 0 Å². The first-order valence-corrected chi connectivity index (χ1v) is 7.22.